The third-order valence-electron chi connectivity index (χ3n) is 4.38. The first kappa shape index (κ1) is 15.2. The van der Waals surface area contributed by atoms with Crippen molar-refractivity contribution in [1.82, 2.24) is 24.6 Å². The second-order valence-corrected chi connectivity index (χ2v) is 6.05. The highest BCUT2D eigenvalue weighted by Gasteiger charge is 2.28. The summed E-state index contributed by atoms with van der Waals surface area (Å²) in [5.74, 6) is 0.966. The van der Waals surface area contributed by atoms with Crippen molar-refractivity contribution >= 4 is 16.9 Å². The van der Waals surface area contributed by atoms with Gasteiger partial charge in [0.2, 0.25) is 0 Å². The molecule has 0 saturated carbocycles. The van der Waals surface area contributed by atoms with E-state index < -0.39 is 0 Å². The van der Waals surface area contributed by atoms with Gasteiger partial charge in [-0.15, -0.1) is 0 Å². The Balaban J connectivity index is 1.84. The Hall–Kier alpha value is -1.73. The van der Waals surface area contributed by atoms with Gasteiger partial charge in [-0.3, -0.25) is 9.58 Å². The summed E-state index contributed by atoms with van der Waals surface area (Å²) >= 11 is 0. The number of aryl methyl sites for hydroxylation is 1. The largest absolute Gasteiger partial charge is 0.392 e. The average Bonchev–Trinajstić information content (AvgIpc) is 2.89. The first-order valence-electron chi connectivity index (χ1n) is 7.90. The summed E-state index contributed by atoms with van der Waals surface area (Å²) in [6.07, 6.45) is 4.23. The van der Waals surface area contributed by atoms with Gasteiger partial charge in [0.15, 0.2) is 5.65 Å². The SMILES string of the molecule is CC[C@@H]1CN(c2ncnc3c2cnn3C)CCN1C[C@@H](C)O. The molecule has 1 aliphatic rings. The van der Waals surface area contributed by atoms with Crippen LogP contribution in [0.2, 0.25) is 0 Å². The minimum atomic E-state index is -0.287. The van der Waals surface area contributed by atoms with E-state index in [4.69, 9.17) is 0 Å². The Morgan fingerprint density at radius 2 is 2.18 bits per heavy atom. The van der Waals surface area contributed by atoms with Crippen molar-refractivity contribution in [2.75, 3.05) is 31.1 Å². The highest BCUT2D eigenvalue weighted by Crippen LogP contribution is 2.25. The summed E-state index contributed by atoms with van der Waals surface area (Å²) in [4.78, 5) is 13.5. The van der Waals surface area contributed by atoms with E-state index in [2.05, 4.69) is 31.8 Å². The van der Waals surface area contributed by atoms with Crippen LogP contribution in [0.1, 0.15) is 20.3 Å². The molecule has 0 radical (unpaired) electrons. The fraction of sp³-hybridized carbons (Fsp3) is 0.667. The lowest BCUT2D eigenvalue weighted by atomic mass is 10.1. The zero-order valence-corrected chi connectivity index (χ0v) is 13.5. The molecule has 2 aromatic heterocycles. The maximum atomic E-state index is 9.66. The van der Waals surface area contributed by atoms with Crippen molar-refractivity contribution in [2.45, 2.75) is 32.4 Å². The molecule has 1 N–H and O–H groups in total. The van der Waals surface area contributed by atoms with E-state index in [1.165, 1.54) is 0 Å². The maximum absolute atomic E-state index is 9.66. The molecule has 0 spiro atoms. The lowest BCUT2D eigenvalue weighted by Gasteiger charge is -2.42. The molecule has 2 aromatic rings. The van der Waals surface area contributed by atoms with Crippen molar-refractivity contribution in [3.63, 3.8) is 0 Å². The second kappa shape index (κ2) is 6.18. The van der Waals surface area contributed by atoms with Crippen LogP contribution in [0.4, 0.5) is 5.82 Å². The normalized spacial score (nSPS) is 21.5. The van der Waals surface area contributed by atoms with Crippen LogP contribution >= 0.6 is 0 Å². The van der Waals surface area contributed by atoms with Gasteiger partial charge in [-0.1, -0.05) is 6.92 Å². The fourth-order valence-corrected chi connectivity index (χ4v) is 3.25. The summed E-state index contributed by atoms with van der Waals surface area (Å²) in [7, 11) is 1.90. The zero-order valence-electron chi connectivity index (χ0n) is 13.5. The molecule has 7 heteroatoms. The van der Waals surface area contributed by atoms with Gasteiger partial charge < -0.3 is 10.0 Å². The number of aliphatic hydroxyl groups excluding tert-OH is 1. The number of aromatic nitrogens is 4. The monoisotopic (exact) mass is 304 g/mol. The molecule has 0 aliphatic carbocycles. The van der Waals surface area contributed by atoms with Crippen molar-refractivity contribution in [1.29, 1.82) is 0 Å². The van der Waals surface area contributed by atoms with Crippen LogP contribution in [-0.2, 0) is 7.05 Å². The van der Waals surface area contributed by atoms with E-state index in [0.29, 0.717) is 6.04 Å². The summed E-state index contributed by atoms with van der Waals surface area (Å²) in [5, 5.41) is 15.0. The molecule has 7 nitrogen and oxygen atoms in total. The molecule has 1 aliphatic heterocycles. The van der Waals surface area contributed by atoms with Gasteiger partial charge in [-0.05, 0) is 13.3 Å². The van der Waals surface area contributed by atoms with Crippen LogP contribution in [-0.4, -0.2) is 68.1 Å². The van der Waals surface area contributed by atoms with E-state index in [-0.39, 0.29) is 6.10 Å². The van der Waals surface area contributed by atoms with Gasteiger partial charge in [-0.2, -0.15) is 5.10 Å². The molecular weight excluding hydrogens is 280 g/mol. The number of anilines is 1. The number of hydrogen-bond donors (Lipinski definition) is 1. The minimum absolute atomic E-state index is 0.287. The number of piperazine rings is 1. The third kappa shape index (κ3) is 2.78. The van der Waals surface area contributed by atoms with Crippen LogP contribution in [0.3, 0.4) is 0 Å². The Labute approximate surface area is 130 Å². The summed E-state index contributed by atoms with van der Waals surface area (Å²) in [6.45, 7) is 7.55. The van der Waals surface area contributed by atoms with Crippen molar-refractivity contribution in [2.24, 2.45) is 7.05 Å². The van der Waals surface area contributed by atoms with Crippen LogP contribution in [0.25, 0.3) is 11.0 Å². The number of β-amino-alcohol motifs (C(OH)–C–C–N with tert-alkyl or cyclic N) is 1. The summed E-state index contributed by atoms with van der Waals surface area (Å²) in [5.41, 5.74) is 0.865. The number of fused-ring (bicyclic) bond motifs is 1. The van der Waals surface area contributed by atoms with Gasteiger partial charge in [0.1, 0.15) is 12.1 Å². The van der Waals surface area contributed by atoms with Crippen molar-refractivity contribution in [3.8, 4) is 0 Å². The van der Waals surface area contributed by atoms with Crippen LogP contribution in [0, 0.1) is 0 Å². The summed E-state index contributed by atoms with van der Waals surface area (Å²) < 4.78 is 1.78. The van der Waals surface area contributed by atoms with Crippen LogP contribution in [0.15, 0.2) is 12.5 Å². The first-order chi connectivity index (χ1) is 10.6. The Bertz CT molecular complexity index is 640. The van der Waals surface area contributed by atoms with Gasteiger partial charge in [0.25, 0.3) is 0 Å². The predicted octanol–water partition coefficient (Wildman–Crippen LogP) is 0.645. The molecule has 120 valence electrons. The Morgan fingerprint density at radius 3 is 2.91 bits per heavy atom. The van der Waals surface area contributed by atoms with Crippen LogP contribution in [0.5, 0.6) is 0 Å². The summed E-state index contributed by atoms with van der Waals surface area (Å²) in [6, 6.07) is 0.435. The van der Waals surface area contributed by atoms with Gasteiger partial charge in [-0.25, -0.2) is 9.97 Å². The molecule has 2 atom stereocenters. The molecule has 0 aromatic carbocycles. The molecule has 1 saturated heterocycles. The van der Waals surface area contributed by atoms with E-state index >= 15 is 0 Å². The van der Waals surface area contributed by atoms with Gasteiger partial charge in [0.05, 0.1) is 17.7 Å². The number of rotatable bonds is 4. The maximum Gasteiger partial charge on any atom is 0.163 e. The lowest BCUT2D eigenvalue weighted by molar-refractivity contribution is 0.0885. The molecule has 3 rings (SSSR count). The number of hydrogen-bond acceptors (Lipinski definition) is 6. The Morgan fingerprint density at radius 1 is 1.36 bits per heavy atom. The number of nitrogens with zero attached hydrogens (tertiary/aromatic N) is 6. The minimum Gasteiger partial charge on any atom is -0.392 e. The van der Waals surface area contributed by atoms with E-state index in [9.17, 15) is 5.11 Å². The molecule has 0 bridgehead atoms. The van der Waals surface area contributed by atoms with Crippen LogP contribution < -0.4 is 4.90 Å². The average molecular weight is 304 g/mol. The van der Waals surface area contributed by atoms with E-state index in [1.807, 2.05) is 20.2 Å². The highest BCUT2D eigenvalue weighted by molar-refractivity contribution is 5.86. The molecule has 0 unspecified atom stereocenters. The predicted molar refractivity (Wildman–Crippen MR) is 85.8 cm³/mol. The topological polar surface area (TPSA) is 70.3 Å². The van der Waals surface area contributed by atoms with E-state index in [1.54, 1.807) is 11.0 Å². The molecule has 1 fully saturated rings. The molecule has 22 heavy (non-hydrogen) atoms. The lowest BCUT2D eigenvalue weighted by Crippen LogP contribution is -2.54. The molecule has 3 heterocycles. The fourth-order valence-electron chi connectivity index (χ4n) is 3.25. The van der Waals surface area contributed by atoms with E-state index in [0.717, 1.165) is 49.5 Å². The number of aliphatic hydroxyl groups is 1. The molecular formula is C15H24N6O. The van der Waals surface area contributed by atoms with Gasteiger partial charge >= 0.3 is 0 Å². The standard InChI is InChI=1S/C15H24N6O/c1-4-12-9-21(6-5-20(12)8-11(2)22)15-13-7-18-19(3)14(13)16-10-17-15/h7,10-12,22H,4-6,8-9H2,1-3H3/t11-,12-/m1/s1. The quantitative estimate of drug-likeness (QED) is 0.894. The third-order valence-corrected chi connectivity index (χ3v) is 4.38. The van der Waals surface area contributed by atoms with Gasteiger partial charge in [0, 0.05) is 39.3 Å². The molecule has 0 amide bonds. The zero-order chi connectivity index (χ0) is 15.7. The van der Waals surface area contributed by atoms with Crippen molar-refractivity contribution in [3.05, 3.63) is 12.5 Å². The van der Waals surface area contributed by atoms with Crippen molar-refractivity contribution < 1.29 is 5.11 Å². The Kier molecular flexibility index (Phi) is 4.26. The smallest absolute Gasteiger partial charge is 0.163 e. The second-order valence-electron chi connectivity index (χ2n) is 6.05. The first-order valence-corrected chi connectivity index (χ1v) is 7.90. The highest BCUT2D eigenvalue weighted by atomic mass is 16.3.